The topological polar surface area (TPSA) is 107 Å². The first kappa shape index (κ1) is 21.4. The summed E-state index contributed by atoms with van der Waals surface area (Å²) in [5, 5.41) is 6.83. The summed E-state index contributed by atoms with van der Waals surface area (Å²) in [7, 11) is 0. The molecule has 4 aromatic rings. The van der Waals surface area contributed by atoms with Crippen molar-refractivity contribution >= 4 is 34.1 Å². The fourth-order valence-corrected chi connectivity index (χ4v) is 5.30. The van der Waals surface area contributed by atoms with Gasteiger partial charge in [0.15, 0.2) is 0 Å². The van der Waals surface area contributed by atoms with Crippen LogP contribution in [0.25, 0.3) is 10.9 Å². The molecule has 33 heavy (non-hydrogen) atoms. The molecule has 0 aliphatic carbocycles. The van der Waals surface area contributed by atoms with Crippen LogP contribution in [0.5, 0.6) is 0 Å². The molecule has 2 amide bonds. The minimum absolute atomic E-state index is 0.150. The van der Waals surface area contributed by atoms with E-state index in [2.05, 4.69) is 25.3 Å². The summed E-state index contributed by atoms with van der Waals surface area (Å²) in [5.41, 5.74) is 3.56. The maximum absolute atomic E-state index is 12.9. The Bertz CT molecular complexity index is 1240. The van der Waals surface area contributed by atoms with E-state index in [0.29, 0.717) is 31.0 Å². The number of thiazole rings is 1. The van der Waals surface area contributed by atoms with Gasteiger partial charge >= 0.3 is 0 Å². The summed E-state index contributed by atoms with van der Waals surface area (Å²) < 4.78 is 0. The average molecular weight is 463 g/mol. The number of amides is 2. The van der Waals surface area contributed by atoms with Gasteiger partial charge in [-0.3, -0.25) is 9.59 Å². The Labute approximate surface area is 195 Å². The SMILES string of the molecule is O=C(NCCc1cnc[nH]1)c1csc(C2CCN(C(=O)Cc3c[nH]c4ccccc34)CC2)n1. The van der Waals surface area contributed by atoms with Gasteiger partial charge in [-0.05, 0) is 24.5 Å². The van der Waals surface area contributed by atoms with Crippen LogP contribution in [0.15, 0.2) is 48.4 Å². The Balaban J connectivity index is 1.11. The van der Waals surface area contributed by atoms with Gasteiger partial charge in [0.05, 0.1) is 17.8 Å². The van der Waals surface area contributed by atoms with Crippen molar-refractivity contribution < 1.29 is 9.59 Å². The van der Waals surface area contributed by atoms with Crippen molar-refractivity contribution in [1.82, 2.24) is 30.2 Å². The molecule has 0 bridgehead atoms. The van der Waals surface area contributed by atoms with E-state index < -0.39 is 0 Å². The number of nitrogens with zero attached hydrogens (tertiary/aromatic N) is 3. The second-order valence-electron chi connectivity index (χ2n) is 8.35. The van der Waals surface area contributed by atoms with Crippen molar-refractivity contribution in [3.63, 3.8) is 0 Å². The van der Waals surface area contributed by atoms with Crippen molar-refractivity contribution in [1.29, 1.82) is 0 Å². The van der Waals surface area contributed by atoms with Crippen molar-refractivity contribution in [2.24, 2.45) is 0 Å². The third-order valence-electron chi connectivity index (χ3n) is 6.20. The Kier molecular flexibility index (Phi) is 6.21. The van der Waals surface area contributed by atoms with E-state index in [-0.39, 0.29) is 11.8 Å². The van der Waals surface area contributed by atoms with E-state index in [4.69, 9.17) is 0 Å². The lowest BCUT2D eigenvalue weighted by Crippen LogP contribution is -2.38. The number of carbonyl (C=O) groups excluding carboxylic acids is 2. The number of para-hydroxylation sites is 1. The number of aromatic nitrogens is 4. The minimum Gasteiger partial charge on any atom is -0.361 e. The number of carbonyl (C=O) groups is 2. The first-order valence-electron chi connectivity index (χ1n) is 11.2. The fourth-order valence-electron chi connectivity index (χ4n) is 4.33. The lowest BCUT2D eigenvalue weighted by molar-refractivity contribution is -0.131. The number of H-pyrrole nitrogens is 2. The fraction of sp³-hybridized carbons (Fsp3) is 0.333. The Hall–Kier alpha value is -3.46. The highest BCUT2D eigenvalue weighted by Gasteiger charge is 2.26. The van der Waals surface area contributed by atoms with E-state index in [0.717, 1.165) is 53.1 Å². The molecule has 8 nitrogen and oxygen atoms in total. The molecule has 0 radical (unpaired) electrons. The van der Waals surface area contributed by atoms with E-state index in [1.54, 1.807) is 12.5 Å². The number of hydrogen-bond donors (Lipinski definition) is 3. The van der Waals surface area contributed by atoms with Crippen LogP contribution in [0.4, 0.5) is 0 Å². The van der Waals surface area contributed by atoms with Crippen LogP contribution in [-0.2, 0) is 17.6 Å². The van der Waals surface area contributed by atoms with Crippen LogP contribution < -0.4 is 5.32 Å². The zero-order valence-corrected chi connectivity index (χ0v) is 19.0. The minimum atomic E-state index is -0.150. The summed E-state index contributed by atoms with van der Waals surface area (Å²) in [6.07, 6.45) is 8.17. The molecule has 1 fully saturated rings. The molecule has 3 N–H and O–H groups in total. The largest absolute Gasteiger partial charge is 0.361 e. The molecular weight excluding hydrogens is 436 g/mol. The molecule has 1 aromatic carbocycles. The van der Waals surface area contributed by atoms with E-state index in [1.165, 1.54) is 11.3 Å². The zero-order valence-electron chi connectivity index (χ0n) is 18.2. The van der Waals surface area contributed by atoms with Gasteiger partial charge in [0.25, 0.3) is 5.91 Å². The first-order valence-corrected chi connectivity index (χ1v) is 12.1. The van der Waals surface area contributed by atoms with Crippen LogP contribution in [0.1, 0.15) is 45.5 Å². The highest BCUT2D eigenvalue weighted by atomic mass is 32.1. The molecule has 0 unspecified atom stereocenters. The van der Waals surface area contributed by atoms with Gasteiger partial charge in [-0.2, -0.15) is 0 Å². The number of fused-ring (bicyclic) bond motifs is 1. The molecule has 1 aliphatic heterocycles. The maximum Gasteiger partial charge on any atom is 0.270 e. The normalized spacial score (nSPS) is 14.6. The standard InChI is InChI=1S/C24H26N6O2S/c31-22(11-17-12-27-20-4-2-1-3-19(17)20)30-9-6-16(7-10-30)24-29-21(14-33-24)23(32)26-8-5-18-13-25-15-28-18/h1-4,12-16,27H,5-11H2,(H,25,28)(H,26,32). The number of piperidine rings is 1. The Morgan fingerprint density at radius 2 is 2.03 bits per heavy atom. The highest BCUT2D eigenvalue weighted by molar-refractivity contribution is 7.09. The number of likely N-dealkylation sites (tertiary alicyclic amines) is 1. The van der Waals surface area contributed by atoms with Gasteiger partial charge in [-0.25, -0.2) is 9.97 Å². The third kappa shape index (κ3) is 4.83. The Morgan fingerprint density at radius 3 is 2.85 bits per heavy atom. The molecule has 0 saturated carbocycles. The molecule has 0 spiro atoms. The average Bonchev–Trinajstić information content (AvgIpc) is 3.61. The van der Waals surface area contributed by atoms with Crippen LogP contribution in [-0.4, -0.2) is 56.3 Å². The van der Waals surface area contributed by atoms with Gasteiger partial charge in [-0.15, -0.1) is 11.3 Å². The van der Waals surface area contributed by atoms with Crippen molar-refractivity contribution in [3.05, 3.63) is 70.3 Å². The summed E-state index contributed by atoms with van der Waals surface area (Å²) in [6.45, 7) is 1.97. The summed E-state index contributed by atoms with van der Waals surface area (Å²) in [5.74, 6) is 0.303. The predicted octanol–water partition coefficient (Wildman–Crippen LogP) is 3.27. The molecule has 170 valence electrons. The molecular formula is C24H26N6O2S. The lowest BCUT2D eigenvalue weighted by atomic mass is 9.97. The summed E-state index contributed by atoms with van der Waals surface area (Å²) in [6, 6.07) is 8.06. The van der Waals surface area contributed by atoms with Crippen LogP contribution in [0.3, 0.4) is 0 Å². The molecule has 1 saturated heterocycles. The number of benzene rings is 1. The van der Waals surface area contributed by atoms with Gasteiger partial charge < -0.3 is 20.2 Å². The molecule has 9 heteroatoms. The van der Waals surface area contributed by atoms with Gasteiger partial charge in [-0.1, -0.05) is 18.2 Å². The van der Waals surface area contributed by atoms with Crippen LogP contribution in [0, 0.1) is 0 Å². The van der Waals surface area contributed by atoms with E-state index >= 15 is 0 Å². The zero-order chi connectivity index (χ0) is 22.6. The highest BCUT2D eigenvalue weighted by Crippen LogP contribution is 2.31. The third-order valence-corrected chi connectivity index (χ3v) is 7.21. The van der Waals surface area contributed by atoms with Crippen LogP contribution in [0.2, 0.25) is 0 Å². The van der Waals surface area contributed by atoms with Crippen molar-refractivity contribution in [2.75, 3.05) is 19.6 Å². The number of imidazole rings is 1. The van der Waals surface area contributed by atoms with Gasteiger partial charge in [0, 0.05) is 66.3 Å². The number of aromatic amines is 2. The second kappa shape index (κ2) is 9.58. The number of nitrogens with one attached hydrogen (secondary N) is 3. The molecule has 4 heterocycles. The van der Waals surface area contributed by atoms with E-state index in [9.17, 15) is 9.59 Å². The summed E-state index contributed by atoms with van der Waals surface area (Å²) >= 11 is 1.53. The molecule has 3 aromatic heterocycles. The number of rotatable bonds is 7. The smallest absolute Gasteiger partial charge is 0.270 e. The number of hydrogen-bond acceptors (Lipinski definition) is 5. The Morgan fingerprint density at radius 1 is 1.18 bits per heavy atom. The lowest BCUT2D eigenvalue weighted by Gasteiger charge is -2.31. The van der Waals surface area contributed by atoms with Crippen LogP contribution >= 0.6 is 11.3 Å². The maximum atomic E-state index is 12.9. The summed E-state index contributed by atoms with van der Waals surface area (Å²) in [4.78, 5) is 42.1. The quantitative estimate of drug-likeness (QED) is 0.392. The van der Waals surface area contributed by atoms with E-state index in [1.807, 2.05) is 40.7 Å². The predicted molar refractivity (Wildman–Crippen MR) is 127 cm³/mol. The molecule has 1 aliphatic rings. The van der Waals surface area contributed by atoms with Gasteiger partial charge in [0.2, 0.25) is 5.91 Å². The van der Waals surface area contributed by atoms with Crippen molar-refractivity contribution in [2.45, 2.75) is 31.6 Å². The monoisotopic (exact) mass is 462 g/mol. The molecule has 5 rings (SSSR count). The van der Waals surface area contributed by atoms with Crippen molar-refractivity contribution in [3.8, 4) is 0 Å². The van der Waals surface area contributed by atoms with Gasteiger partial charge in [0.1, 0.15) is 5.69 Å². The molecule has 0 atom stereocenters. The first-order chi connectivity index (χ1) is 16.2. The second-order valence-corrected chi connectivity index (χ2v) is 9.23.